The highest BCUT2D eigenvalue weighted by molar-refractivity contribution is 7.92. The van der Waals surface area contributed by atoms with Crippen LogP contribution in [-0.2, 0) is 21.2 Å². The molecular weight excluding hydrogens is 372 g/mol. The highest BCUT2D eigenvalue weighted by atomic mass is 32.2. The van der Waals surface area contributed by atoms with Crippen LogP contribution in [-0.4, -0.2) is 38.4 Å². The zero-order chi connectivity index (χ0) is 19.8. The molecule has 2 aromatic rings. The summed E-state index contributed by atoms with van der Waals surface area (Å²) >= 11 is 0. The summed E-state index contributed by atoms with van der Waals surface area (Å²) in [4.78, 5) is 14.5. The molecule has 5 nitrogen and oxygen atoms in total. The Morgan fingerprint density at radius 1 is 1.07 bits per heavy atom. The minimum absolute atomic E-state index is 0.00756. The predicted molar refractivity (Wildman–Crippen MR) is 112 cm³/mol. The van der Waals surface area contributed by atoms with Crippen molar-refractivity contribution < 1.29 is 13.2 Å². The van der Waals surface area contributed by atoms with Crippen LogP contribution in [0.5, 0.6) is 0 Å². The van der Waals surface area contributed by atoms with Gasteiger partial charge in [-0.15, -0.1) is 0 Å². The Balaban J connectivity index is 1.48. The number of carbonyl (C=O) groups is 1. The summed E-state index contributed by atoms with van der Waals surface area (Å²) in [5.41, 5.74) is 2.03. The number of hydrogen-bond acceptors (Lipinski definition) is 3. The van der Waals surface area contributed by atoms with Gasteiger partial charge in [-0.25, -0.2) is 13.1 Å². The van der Waals surface area contributed by atoms with Crippen molar-refractivity contribution in [2.45, 2.75) is 31.7 Å². The Kier molecular flexibility index (Phi) is 7.01. The number of amides is 1. The Bertz CT molecular complexity index is 896. The highest BCUT2D eigenvalue weighted by Gasteiger charge is 2.28. The average molecular weight is 399 g/mol. The molecule has 0 aliphatic carbocycles. The molecule has 1 fully saturated rings. The molecule has 148 valence electrons. The van der Waals surface area contributed by atoms with E-state index < -0.39 is 10.0 Å². The third kappa shape index (κ3) is 6.04. The molecule has 0 radical (unpaired) electrons. The zero-order valence-electron chi connectivity index (χ0n) is 15.8. The molecule has 1 aliphatic heterocycles. The molecule has 0 aromatic heterocycles. The number of carbonyl (C=O) groups excluding carboxylic acids is 1. The van der Waals surface area contributed by atoms with Gasteiger partial charge in [-0.05, 0) is 36.5 Å². The van der Waals surface area contributed by atoms with Gasteiger partial charge in [0.1, 0.15) is 0 Å². The molecule has 0 saturated carbocycles. The number of benzene rings is 2. The van der Waals surface area contributed by atoms with E-state index in [1.165, 1.54) is 5.56 Å². The molecular formula is C22H26N2O3S. The first-order valence-corrected chi connectivity index (χ1v) is 11.1. The molecule has 0 bridgehead atoms. The van der Waals surface area contributed by atoms with Crippen LogP contribution in [0.15, 0.2) is 66.1 Å². The van der Waals surface area contributed by atoms with Gasteiger partial charge in [0.15, 0.2) is 0 Å². The van der Waals surface area contributed by atoms with Gasteiger partial charge >= 0.3 is 0 Å². The van der Waals surface area contributed by atoms with E-state index in [4.69, 9.17) is 0 Å². The molecule has 0 spiro atoms. The molecule has 1 saturated heterocycles. The first-order chi connectivity index (χ1) is 13.5. The third-order valence-electron chi connectivity index (χ3n) is 4.89. The maximum atomic E-state index is 12.6. The van der Waals surface area contributed by atoms with Crippen molar-refractivity contribution >= 4 is 22.0 Å². The second-order valence-electron chi connectivity index (χ2n) is 6.98. The Morgan fingerprint density at radius 3 is 2.46 bits per heavy atom. The highest BCUT2D eigenvalue weighted by Crippen LogP contribution is 2.22. The summed E-state index contributed by atoms with van der Waals surface area (Å²) in [5.74, 6) is 0.00756. The van der Waals surface area contributed by atoms with Crippen LogP contribution in [0.2, 0.25) is 0 Å². The van der Waals surface area contributed by atoms with E-state index in [0.29, 0.717) is 0 Å². The van der Waals surface area contributed by atoms with Gasteiger partial charge in [-0.2, -0.15) is 0 Å². The maximum absolute atomic E-state index is 12.6. The lowest BCUT2D eigenvalue weighted by atomic mass is 10.0. The van der Waals surface area contributed by atoms with Gasteiger partial charge in [0.25, 0.3) is 0 Å². The van der Waals surface area contributed by atoms with E-state index in [0.717, 1.165) is 36.8 Å². The Morgan fingerprint density at radius 2 is 1.75 bits per heavy atom. The van der Waals surface area contributed by atoms with E-state index in [1.54, 1.807) is 6.08 Å². The van der Waals surface area contributed by atoms with E-state index in [2.05, 4.69) is 16.9 Å². The summed E-state index contributed by atoms with van der Waals surface area (Å²) in [6.07, 6.45) is 4.54. The SMILES string of the molecule is O=C(CCNS(=O)(=O)/C=C/c1ccccc1)N1CCCC1Cc1ccccc1. The average Bonchev–Trinajstić information content (AvgIpc) is 3.16. The van der Waals surface area contributed by atoms with Gasteiger partial charge in [-0.3, -0.25) is 4.79 Å². The fraction of sp³-hybridized carbons (Fsp3) is 0.318. The van der Waals surface area contributed by atoms with Gasteiger partial charge in [-0.1, -0.05) is 60.7 Å². The smallest absolute Gasteiger partial charge is 0.233 e. The van der Waals surface area contributed by atoms with Crippen LogP contribution in [0.1, 0.15) is 30.4 Å². The minimum atomic E-state index is -3.56. The molecule has 1 amide bonds. The van der Waals surface area contributed by atoms with Gasteiger partial charge in [0.2, 0.25) is 15.9 Å². The third-order valence-corrected chi connectivity index (χ3v) is 5.99. The fourth-order valence-corrected chi connectivity index (χ4v) is 4.31. The van der Waals surface area contributed by atoms with Crippen molar-refractivity contribution in [3.63, 3.8) is 0 Å². The normalized spacial score (nSPS) is 17.3. The summed E-state index contributed by atoms with van der Waals surface area (Å²) in [5, 5.41) is 1.14. The van der Waals surface area contributed by atoms with Gasteiger partial charge in [0.05, 0.1) is 0 Å². The quantitative estimate of drug-likeness (QED) is 0.743. The molecule has 1 N–H and O–H groups in total. The van der Waals surface area contributed by atoms with Gasteiger partial charge in [0, 0.05) is 31.0 Å². The summed E-state index contributed by atoms with van der Waals surface area (Å²) in [6.45, 7) is 0.853. The van der Waals surface area contributed by atoms with Crippen molar-refractivity contribution in [1.29, 1.82) is 0 Å². The van der Waals surface area contributed by atoms with Crippen LogP contribution >= 0.6 is 0 Å². The van der Waals surface area contributed by atoms with Crippen molar-refractivity contribution in [1.82, 2.24) is 9.62 Å². The number of rotatable bonds is 8. The molecule has 3 rings (SSSR count). The number of likely N-dealkylation sites (tertiary alicyclic amines) is 1. The van der Waals surface area contributed by atoms with Crippen molar-refractivity contribution in [2.24, 2.45) is 0 Å². The van der Waals surface area contributed by atoms with Crippen LogP contribution in [0.25, 0.3) is 6.08 Å². The van der Waals surface area contributed by atoms with Crippen LogP contribution in [0.3, 0.4) is 0 Å². The molecule has 1 unspecified atom stereocenters. The Hall–Kier alpha value is -2.44. The zero-order valence-corrected chi connectivity index (χ0v) is 16.6. The second kappa shape index (κ2) is 9.66. The van der Waals surface area contributed by atoms with Crippen molar-refractivity contribution in [3.05, 3.63) is 77.2 Å². The molecule has 2 aromatic carbocycles. The first-order valence-electron chi connectivity index (χ1n) is 9.60. The molecule has 1 aliphatic rings. The van der Waals surface area contributed by atoms with Crippen LogP contribution < -0.4 is 4.72 Å². The molecule has 28 heavy (non-hydrogen) atoms. The first kappa shape index (κ1) is 20.3. The van der Waals surface area contributed by atoms with E-state index in [1.807, 2.05) is 53.4 Å². The topological polar surface area (TPSA) is 66.5 Å². The summed E-state index contributed by atoms with van der Waals surface area (Å²) in [6, 6.07) is 19.6. The standard InChI is InChI=1S/C22H26N2O3S/c25-22(24-16-7-12-21(24)18-20-10-5-2-6-11-20)13-15-23-28(26,27)17-14-19-8-3-1-4-9-19/h1-6,8-11,14,17,21,23H,7,12-13,15-16,18H2/b17-14+. The number of nitrogens with one attached hydrogen (secondary N) is 1. The largest absolute Gasteiger partial charge is 0.339 e. The summed E-state index contributed by atoms with van der Waals surface area (Å²) < 4.78 is 26.7. The molecule has 1 heterocycles. The lowest BCUT2D eigenvalue weighted by Crippen LogP contribution is -2.38. The number of sulfonamides is 1. The maximum Gasteiger partial charge on any atom is 0.233 e. The van der Waals surface area contributed by atoms with Crippen molar-refractivity contribution in [2.75, 3.05) is 13.1 Å². The number of nitrogens with zero attached hydrogens (tertiary/aromatic N) is 1. The van der Waals surface area contributed by atoms with E-state index in [9.17, 15) is 13.2 Å². The molecule has 6 heteroatoms. The van der Waals surface area contributed by atoms with E-state index in [-0.39, 0.29) is 24.9 Å². The number of hydrogen-bond donors (Lipinski definition) is 1. The lowest BCUT2D eigenvalue weighted by Gasteiger charge is -2.25. The van der Waals surface area contributed by atoms with Crippen molar-refractivity contribution in [3.8, 4) is 0 Å². The van der Waals surface area contributed by atoms with E-state index >= 15 is 0 Å². The minimum Gasteiger partial charge on any atom is -0.339 e. The summed E-state index contributed by atoms with van der Waals surface area (Å²) in [7, 11) is -3.56. The van der Waals surface area contributed by atoms with Crippen LogP contribution in [0, 0.1) is 0 Å². The monoisotopic (exact) mass is 398 g/mol. The molecule has 1 atom stereocenters. The lowest BCUT2D eigenvalue weighted by molar-refractivity contribution is -0.131. The second-order valence-corrected chi connectivity index (χ2v) is 8.63. The van der Waals surface area contributed by atoms with Crippen LogP contribution in [0.4, 0.5) is 0 Å². The predicted octanol–water partition coefficient (Wildman–Crippen LogP) is 3.20. The Labute approximate surface area is 167 Å². The fourth-order valence-electron chi connectivity index (χ4n) is 3.49. The van der Waals surface area contributed by atoms with Gasteiger partial charge < -0.3 is 4.90 Å².